The molecule has 1 fully saturated rings. The van der Waals surface area contributed by atoms with Crippen molar-refractivity contribution in [2.45, 2.75) is 58.1 Å². The van der Waals surface area contributed by atoms with Gasteiger partial charge in [-0.3, -0.25) is 0 Å². The van der Waals surface area contributed by atoms with E-state index in [2.05, 4.69) is 12.2 Å². The first-order valence-corrected chi connectivity index (χ1v) is 7.37. The number of aryl methyl sites for hydroxylation is 1. The van der Waals surface area contributed by atoms with Crippen LogP contribution in [-0.4, -0.2) is 18.7 Å². The number of nitrogens with one attached hydrogen (secondary N) is 1. The summed E-state index contributed by atoms with van der Waals surface area (Å²) >= 11 is 0. The van der Waals surface area contributed by atoms with Crippen LogP contribution in [0, 0.1) is 12.7 Å². The second-order valence-electron chi connectivity index (χ2n) is 5.41. The first kappa shape index (κ1) is 14.3. The molecule has 2 rings (SSSR count). The predicted molar refractivity (Wildman–Crippen MR) is 76.1 cm³/mol. The van der Waals surface area contributed by atoms with Gasteiger partial charge < -0.3 is 10.1 Å². The Kier molecular flexibility index (Phi) is 5.20. The molecular formula is C16H24FNO. The maximum absolute atomic E-state index is 13.5. The zero-order chi connectivity index (χ0) is 13.7. The van der Waals surface area contributed by atoms with E-state index >= 15 is 0 Å². The SMILES string of the molecule is CCCNC1CCCCC1Oc1ccc(C)c(F)c1. The lowest BCUT2D eigenvalue weighted by atomic mass is 9.92. The summed E-state index contributed by atoms with van der Waals surface area (Å²) in [5.74, 6) is 0.463. The van der Waals surface area contributed by atoms with Crippen molar-refractivity contribution in [3.63, 3.8) is 0 Å². The maximum Gasteiger partial charge on any atom is 0.129 e. The van der Waals surface area contributed by atoms with E-state index < -0.39 is 0 Å². The largest absolute Gasteiger partial charge is 0.489 e. The molecule has 19 heavy (non-hydrogen) atoms. The van der Waals surface area contributed by atoms with E-state index in [0.29, 0.717) is 17.4 Å². The van der Waals surface area contributed by atoms with E-state index in [1.54, 1.807) is 13.0 Å². The summed E-state index contributed by atoms with van der Waals surface area (Å²) < 4.78 is 19.5. The average Bonchev–Trinajstić information content (AvgIpc) is 2.42. The van der Waals surface area contributed by atoms with Gasteiger partial charge in [0.2, 0.25) is 0 Å². The van der Waals surface area contributed by atoms with E-state index in [9.17, 15) is 4.39 Å². The van der Waals surface area contributed by atoms with Crippen molar-refractivity contribution in [3.8, 4) is 5.75 Å². The van der Waals surface area contributed by atoms with E-state index in [0.717, 1.165) is 25.8 Å². The van der Waals surface area contributed by atoms with Crippen LogP contribution in [0.25, 0.3) is 0 Å². The van der Waals surface area contributed by atoms with Crippen molar-refractivity contribution >= 4 is 0 Å². The average molecular weight is 265 g/mol. The Morgan fingerprint density at radius 2 is 2.11 bits per heavy atom. The van der Waals surface area contributed by atoms with Crippen LogP contribution in [0.4, 0.5) is 4.39 Å². The molecule has 0 bridgehead atoms. The van der Waals surface area contributed by atoms with Crippen molar-refractivity contribution in [1.82, 2.24) is 5.32 Å². The lowest BCUT2D eigenvalue weighted by molar-refractivity contribution is 0.113. The fourth-order valence-corrected chi connectivity index (χ4v) is 2.62. The highest BCUT2D eigenvalue weighted by atomic mass is 19.1. The second-order valence-corrected chi connectivity index (χ2v) is 5.41. The molecule has 2 nitrogen and oxygen atoms in total. The Hall–Kier alpha value is -1.09. The van der Waals surface area contributed by atoms with Crippen LogP contribution in [0.5, 0.6) is 5.75 Å². The van der Waals surface area contributed by atoms with Crippen molar-refractivity contribution in [1.29, 1.82) is 0 Å². The monoisotopic (exact) mass is 265 g/mol. The van der Waals surface area contributed by atoms with Gasteiger partial charge in [0.1, 0.15) is 17.7 Å². The fraction of sp³-hybridized carbons (Fsp3) is 0.625. The number of halogens is 1. The summed E-state index contributed by atoms with van der Waals surface area (Å²) in [7, 11) is 0. The summed E-state index contributed by atoms with van der Waals surface area (Å²) in [5.41, 5.74) is 0.664. The highest BCUT2D eigenvalue weighted by molar-refractivity contribution is 5.28. The minimum Gasteiger partial charge on any atom is -0.489 e. The second kappa shape index (κ2) is 6.90. The Bertz CT molecular complexity index is 408. The first-order valence-electron chi connectivity index (χ1n) is 7.37. The number of hydrogen-bond donors (Lipinski definition) is 1. The molecule has 0 aromatic heterocycles. The summed E-state index contributed by atoms with van der Waals surface area (Å²) in [6, 6.07) is 5.55. The predicted octanol–water partition coefficient (Wildman–Crippen LogP) is 3.82. The molecule has 1 aromatic carbocycles. The maximum atomic E-state index is 13.5. The van der Waals surface area contributed by atoms with Gasteiger partial charge in [-0.15, -0.1) is 0 Å². The molecule has 1 saturated carbocycles. The molecule has 0 spiro atoms. The number of ether oxygens (including phenoxy) is 1. The smallest absolute Gasteiger partial charge is 0.129 e. The van der Waals surface area contributed by atoms with Gasteiger partial charge in [0.15, 0.2) is 0 Å². The molecule has 0 amide bonds. The van der Waals surface area contributed by atoms with E-state index in [-0.39, 0.29) is 11.9 Å². The molecule has 0 heterocycles. The van der Waals surface area contributed by atoms with Crippen molar-refractivity contribution in [2.75, 3.05) is 6.54 Å². The van der Waals surface area contributed by atoms with Crippen LogP contribution in [0.3, 0.4) is 0 Å². The van der Waals surface area contributed by atoms with E-state index in [4.69, 9.17) is 4.74 Å². The van der Waals surface area contributed by atoms with Crippen LogP contribution in [0.2, 0.25) is 0 Å². The first-order chi connectivity index (χ1) is 9.20. The number of benzene rings is 1. The van der Waals surface area contributed by atoms with Crippen LogP contribution in [0.1, 0.15) is 44.6 Å². The quantitative estimate of drug-likeness (QED) is 0.873. The van der Waals surface area contributed by atoms with Gasteiger partial charge in [-0.2, -0.15) is 0 Å². The summed E-state index contributed by atoms with van der Waals surface area (Å²) in [4.78, 5) is 0. The fourth-order valence-electron chi connectivity index (χ4n) is 2.62. The van der Waals surface area contributed by atoms with Crippen molar-refractivity contribution in [2.24, 2.45) is 0 Å². The van der Waals surface area contributed by atoms with Gasteiger partial charge in [-0.1, -0.05) is 19.4 Å². The molecule has 1 aliphatic carbocycles. The number of hydrogen-bond acceptors (Lipinski definition) is 2. The molecule has 0 aliphatic heterocycles. The van der Waals surface area contributed by atoms with Gasteiger partial charge in [0, 0.05) is 12.1 Å². The van der Waals surface area contributed by atoms with Gasteiger partial charge in [0.25, 0.3) is 0 Å². The molecule has 106 valence electrons. The van der Waals surface area contributed by atoms with Crippen molar-refractivity contribution in [3.05, 3.63) is 29.6 Å². The van der Waals surface area contributed by atoms with Gasteiger partial charge >= 0.3 is 0 Å². The highest BCUT2D eigenvalue weighted by Crippen LogP contribution is 2.25. The summed E-state index contributed by atoms with van der Waals surface area (Å²) in [6.07, 6.45) is 5.95. The molecule has 0 saturated heterocycles. The Morgan fingerprint density at radius 1 is 1.32 bits per heavy atom. The standard InChI is InChI=1S/C16H24FNO/c1-3-10-18-15-6-4-5-7-16(15)19-13-9-8-12(2)14(17)11-13/h8-9,11,15-16,18H,3-7,10H2,1-2H3. The van der Waals surface area contributed by atoms with E-state index in [1.165, 1.54) is 18.9 Å². The Labute approximate surface area is 115 Å². The molecule has 1 aliphatic rings. The highest BCUT2D eigenvalue weighted by Gasteiger charge is 2.26. The third kappa shape index (κ3) is 3.93. The van der Waals surface area contributed by atoms with Crippen LogP contribution in [0.15, 0.2) is 18.2 Å². The summed E-state index contributed by atoms with van der Waals surface area (Å²) in [6.45, 7) is 4.96. The van der Waals surface area contributed by atoms with Gasteiger partial charge in [-0.05, 0) is 50.8 Å². The Balaban J connectivity index is 1.99. The zero-order valence-electron chi connectivity index (χ0n) is 11.9. The third-order valence-electron chi connectivity index (χ3n) is 3.79. The molecule has 2 atom stereocenters. The molecular weight excluding hydrogens is 241 g/mol. The topological polar surface area (TPSA) is 21.3 Å². The lowest BCUT2D eigenvalue weighted by Crippen LogP contribution is -2.45. The molecule has 1 aromatic rings. The summed E-state index contributed by atoms with van der Waals surface area (Å²) in [5, 5.41) is 3.55. The molecule has 1 N–H and O–H groups in total. The van der Waals surface area contributed by atoms with Crippen LogP contribution < -0.4 is 10.1 Å². The lowest BCUT2D eigenvalue weighted by Gasteiger charge is -2.32. The van der Waals surface area contributed by atoms with Crippen LogP contribution >= 0.6 is 0 Å². The minimum atomic E-state index is -0.189. The third-order valence-corrected chi connectivity index (χ3v) is 3.79. The zero-order valence-corrected chi connectivity index (χ0v) is 11.9. The normalized spacial score (nSPS) is 23.3. The number of rotatable bonds is 5. The van der Waals surface area contributed by atoms with E-state index in [1.807, 2.05) is 6.07 Å². The van der Waals surface area contributed by atoms with Crippen molar-refractivity contribution < 1.29 is 9.13 Å². The van der Waals surface area contributed by atoms with Crippen LogP contribution in [-0.2, 0) is 0 Å². The molecule has 0 radical (unpaired) electrons. The molecule has 3 heteroatoms. The van der Waals surface area contributed by atoms with Gasteiger partial charge in [-0.25, -0.2) is 4.39 Å². The Morgan fingerprint density at radius 3 is 2.84 bits per heavy atom. The molecule has 2 unspecified atom stereocenters. The van der Waals surface area contributed by atoms with Gasteiger partial charge in [0.05, 0.1) is 0 Å². The minimum absolute atomic E-state index is 0.169.